The lowest BCUT2D eigenvalue weighted by Crippen LogP contribution is -2.39. The van der Waals surface area contributed by atoms with Gasteiger partial charge in [-0.25, -0.2) is 0 Å². The summed E-state index contributed by atoms with van der Waals surface area (Å²) in [6.45, 7) is 5.80. The van der Waals surface area contributed by atoms with Crippen LogP contribution < -0.4 is 11.5 Å². The molecule has 0 atom stereocenters. The van der Waals surface area contributed by atoms with Crippen LogP contribution in [0.5, 0.6) is 0 Å². The van der Waals surface area contributed by atoms with E-state index in [0.29, 0.717) is 6.04 Å². The third-order valence-corrected chi connectivity index (χ3v) is 2.08. The van der Waals surface area contributed by atoms with Gasteiger partial charge in [0.1, 0.15) is 0 Å². The van der Waals surface area contributed by atoms with Gasteiger partial charge in [0.25, 0.3) is 0 Å². The van der Waals surface area contributed by atoms with Crippen molar-refractivity contribution in [1.82, 2.24) is 4.90 Å². The van der Waals surface area contributed by atoms with Gasteiger partial charge in [-0.15, -0.1) is 0 Å². The van der Waals surface area contributed by atoms with Crippen LogP contribution in [0.1, 0.15) is 19.8 Å². The second-order valence-corrected chi connectivity index (χ2v) is 2.77. The molecule has 1 fully saturated rings. The first-order valence-corrected chi connectivity index (χ1v) is 4.38. The Labute approximate surface area is 69.7 Å². The molecule has 1 aliphatic heterocycles. The molecule has 0 aromatic heterocycles. The molecular weight excluding hydrogens is 138 g/mol. The first-order valence-electron chi connectivity index (χ1n) is 4.38. The van der Waals surface area contributed by atoms with Crippen LogP contribution in [0.3, 0.4) is 0 Å². The van der Waals surface area contributed by atoms with Crippen molar-refractivity contribution in [2.24, 2.45) is 11.5 Å². The Morgan fingerprint density at radius 2 is 1.73 bits per heavy atom. The Hall–Kier alpha value is -0.120. The number of likely N-dealkylation sites (tertiary alicyclic amines) is 1. The number of nitrogens with zero attached hydrogens (tertiary/aromatic N) is 1. The summed E-state index contributed by atoms with van der Waals surface area (Å²) in [4.78, 5) is 2.45. The maximum absolute atomic E-state index is 5.72. The highest BCUT2D eigenvalue weighted by atomic mass is 15.1. The molecule has 0 radical (unpaired) electrons. The van der Waals surface area contributed by atoms with E-state index in [1.165, 1.54) is 39.5 Å². The zero-order chi connectivity index (χ0) is 8.69. The van der Waals surface area contributed by atoms with E-state index in [4.69, 9.17) is 5.73 Å². The van der Waals surface area contributed by atoms with Gasteiger partial charge in [0, 0.05) is 6.04 Å². The van der Waals surface area contributed by atoms with E-state index in [1.54, 1.807) is 0 Å². The Morgan fingerprint density at radius 1 is 1.27 bits per heavy atom. The van der Waals surface area contributed by atoms with E-state index in [2.05, 4.69) is 17.6 Å². The van der Waals surface area contributed by atoms with Crippen molar-refractivity contribution in [3.05, 3.63) is 0 Å². The number of piperidine rings is 1. The number of nitrogens with two attached hydrogens (primary N) is 2. The molecule has 68 valence electrons. The molecule has 0 amide bonds. The van der Waals surface area contributed by atoms with E-state index in [-0.39, 0.29) is 0 Å². The SMILES string of the molecule is CCN1CCC(N)CC1.CN. The fraction of sp³-hybridized carbons (Fsp3) is 1.00. The Bertz CT molecular complexity index is 77.4. The third kappa shape index (κ3) is 4.35. The van der Waals surface area contributed by atoms with Crippen molar-refractivity contribution in [3.63, 3.8) is 0 Å². The number of rotatable bonds is 1. The fourth-order valence-corrected chi connectivity index (χ4v) is 1.27. The van der Waals surface area contributed by atoms with Crippen LogP contribution in [0.4, 0.5) is 0 Å². The van der Waals surface area contributed by atoms with Crippen molar-refractivity contribution in [2.45, 2.75) is 25.8 Å². The number of hydrogen-bond donors (Lipinski definition) is 2. The Morgan fingerprint density at radius 3 is 2.09 bits per heavy atom. The summed E-state index contributed by atoms with van der Waals surface area (Å²) in [5.41, 5.74) is 10.2. The molecule has 0 saturated carbocycles. The standard InChI is InChI=1S/C7H16N2.CH5N/c1-2-9-5-3-7(8)4-6-9;1-2/h7H,2-6,8H2,1H3;2H2,1H3. The van der Waals surface area contributed by atoms with Gasteiger partial charge in [0.2, 0.25) is 0 Å². The highest BCUT2D eigenvalue weighted by molar-refractivity contribution is 4.72. The average Bonchev–Trinajstić information content (AvgIpc) is 2.10. The largest absolute Gasteiger partial charge is 0.333 e. The summed E-state index contributed by atoms with van der Waals surface area (Å²) >= 11 is 0. The van der Waals surface area contributed by atoms with Gasteiger partial charge in [-0.2, -0.15) is 0 Å². The summed E-state index contributed by atoms with van der Waals surface area (Å²) in [5, 5.41) is 0. The average molecular weight is 159 g/mol. The molecule has 1 saturated heterocycles. The minimum Gasteiger partial charge on any atom is -0.333 e. The van der Waals surface area contributed by atoms with E-state index < -0.39 is 0 Å². The van der Waals surface area contributed by atoms with E-state index in [0.717, 1.165) is 0 Å². The third-order valence-electron chi connectivity index (χ3n) is 2.08. The summed E-state index contributed by atoms with van der Waals surface area (Å²) in [6, 6.07) is 0.479. The van der Waals surface area contributed by atoms with Gasteiger partial charge in [0.15, 0.2) is 0 Å². The highest BCUT2D eigenvalue weighted by Crippen LogP contribution is 2.06. The van der Waals surface area contributed by atoms with Crippen LogP contribution in [0.25, 0.3) is 0 Å². The molecule has 1 heterocycles. The second kappa shape index (κ2) is 6.58. The molecule has 1 aliphatic rings. The maximum atomic E-state index is 5.72. The van der Waals surface area contributed by atoms with Crippen LogP contribution in [-0.2, 0) is 0 Å². The van der Waals surface area contributed by atoms with Gasteiger partial charge in [-0.1, -0.05) is 6.92 Å². The lowest BCUT2D eigenvalue weighted by atomic mass is 10.1. The van der Waals surface area contributed by atoms with Crippen LogP contribution in [-0.4, -0.2) is 37.6 Å². The highest BCUT2D eigenvalue weighted by Gasteiger charge is 2.13. The molecule has 1 rings (SSSR count). The smallest absolute Gasteiger partial charge is 0.00631 e. The predicted molar refractivity (Wildman–Crippen MR) is 49.4 cm³/mol. The normalized spacial score (nSPS) is 20.7. The van der Waals surface area contributed by atoms with Crippen LogP contribution in [0.15, 0.2) is 0 Å². The first kappa shape index (κ1) is 10.9. The van der Waals surface area contributed by atoms with Gasteiger partial charge in [0.05, 0.1) is 0 Å². The van der Waals surface area contributed by atoms with E-state index >= 15 is 0 Å². The van der Waals surface area contributed by atoms with Crippen molar-refractivity contribution in [3.8, 4) is 0 Å². The molecule has 0 bridgehead atoms. The fourth-order valence-electron chi connectivity index (χ4n) is 1.27. The van der Waals surface area contributed by atoms with E-state index in [9.17, 15) is 0 Å². The molecule has 0 aliphatic carbocycles. The van der Waals surface area contributed by atoms with E-state index in [1.807, 2.05) is 0 Å². The maximum Gasteiger partial charge on any atom is 0.00631 e. The topological polar surface area (TPSA) is 55.3 Å². The molecule has 0 unspecified atom stereocenters. The van der Waals surface area contributed by atoms with Crippen LogP contribution >= 0.6 is 0 Å². The summed E-state index contributed by atoms with van der Waals surface area (Å²) in [6.07, 6.45) is 2.38. The van der Waals surface area contributed by atoms with Crippen molar-refractivity contribution in [1.29, 1.82) is 0 Å². The molecular formula is C8H21N3. The minimum atomic E-state index is 0.479. The monoisotopic (exact) mass is 159 g/mol. The lowest BCUT2D eigenvalue weighted by Gasteiger charge is -2.28. The Kier molecular flexibility index (Phi) is 6.51. The lowest BCUT2D eigenvalue weighted by molar-refractivity contribution is 0.223. The summed E-state index contributed by atoms with van der Waals surface area (Å²) in [7, 11) is 1.50. The molecule has 0 aromatic carbocycles. The first-order chi connectivity index (χ1) is 5.33. The molecule has 3 heteroatoms. The van der Waals surface area contributed by atoms with Crippen molar-refractivity contribution < 1.29 is 0 Å². The quantitative estimate of drug-likeness (QED) is 0.566. The van der Waals surface area contributed by atoms with Crippen molar-refractivity contribution >= 4 is 0 Å². The van der Waals surface area contributed by atoms with Gasteiger partial charge < -0.3 is 16.4 Å². The molecule has 11 heavy (non-hydrogen) atoms. The number of hydrogen-bond acceptors (Lipinski definition) is 3. The molecule has 3 nitrogen and oxygen atoms in total. The molecule has 0 aromatic rings. The zero-order valence-electron chi connectivity index (χ0n) is 7.71. The Balaban J connectivity index is 0.000000461. The van der Waals surface area contributed by atoms with Gasteiger partial charge >= 0.3 is 0 Å². The van der Waals surface area contributed by atoms with Crippen molar-refractivity contribution in [2.75, 3.05) is 26.7 Å². The summed E-state index contributed by atoms with van der Waals surface area (Å²) < 4.78 is 0. The zero-order valence-corrected chi connectivity index (χ0v) is 7.71. The van der Waals surface area contributed by atoms with Crippen LogP contribution in [0.2, 0.25) is 0 Å². The molecule has 0 spiro atoms. The molecule has 4 N–H and O–H groups in total. The van der Waals surface area contributed by atoms with Gasteiger partial charge in [-0.05, 0) is 39.5 Å². The van der Waals surface area contributed by atoms with Crippen LogP contribution in [0, 0.1) is 0 Å². The predicted octanol–water partition coefficient (Wildman–Crippen LogP) is 0.00430. The van der Waals surface area contributed by atoms with Gasteiger partial charge in [-0.3, -0.25) is 0 Å². The minimum absolute atomic E-state index is 0.479. The summed E-state index contributed by atoms with van der Waals surface area (Å²) in [5.74, 6) is 0. The second-order valence-electron chi connectivity index (χ2n) is 2.77.